The molecule has 1 N–H and O–H groups in total. The number of nitrogens with one attached hydrogen (secondary N) is 1. The van der Waals surface area contributed by atoms with Gasteiger partial charge in [0.25, 0.3) is 0 Å². The van der Waals surface area contributed by atoms with E-state index in [9.17, 15) is 0 Å². The van der Waals surface area contributed by atoms with Crippen molar-refractivity contribution in [3.8, 4) is 0 Å². The summed E-state index contributed by atoms with van der Waals surface area (Å²) in [6.07, 6.45) is 14.5. The summed E-state index contributed by atoms with van der Waals surface area (Å²) in [4.78, 5) is 3.36. The van der Waals surface area contributed by atoms with E-state index in [0.717, 1.165) is 5.92 Å². The van der Waals surface area contributed by atoms with Gasteiger partial charge in [-0.25, -0.2) is 0 Å². The molecule has 0 bridgehead atoms. The third-order valence-electron chi connectivity index (χ3n) is 3.71. The zero-order valence-corrected chi connectivity index (χ0v) is 11.7. The lowest BCUT2D eigenvalue weighted by atomic mass is 9.95. The monoisotopic (exact) mass is 235 g/mol. The summed E-state index contributed by atoms with van der Waals surface area (Å²) >= 11 is 0. The minimum atomic E-state index is 0.751. The van der Waals surface area contributed by atoms with E-state index in [0.29, 0.717) is 0 Å². The SMILES string of the molecule is CCCCCCCCCC(CC)c1ccc[nH]1. The van der Waals surface area contributed by atoms with E-state index in [1.54, 1.807) is 0 Å². The topological polar surface area (TPSA) is 15.8 Å². The lowest BCUT2D eigenvalue weighted by molar-refractivity contribution is 0.520. The average molecular weight is 235 g/mol. The van der Waals surface area contributed by atoms with E-state index in [1.807, 2.05) is 6.20 Å². The molecule has 0 aliphatic heterocycles. The van der Waals surface area contributed by atoms with Crippen LogP contribution in [0.3, 0.4) is 0 Å². The van der Waals surface area contributed by atoms with Crippen molar-refractivity contribution in [2.75, 3.05) is 0 Å². The summed E-state index contributed by atoms with van der Waals surface area (Å²) in [6.45, 7) is 4.58. The molecule has 0 spiro atoms. The second kappa shape index (κ2) is 9.32. The molecule has 0 saturated carbocycles. The second-order valence-corrected chi connectivity index (χ2v) is 5.14. The molecule has 1 rings (SSSR count). The molecule has 0 aliphatic rings. The van der Waals surface area contributed by atoms with Crippen molar-refractivity contribution in [2.24, 2.45) is 0 Å². The molecule has 98 valence electrons. The van der Waals surface area contributed by atoms with Crippen molar-refractivity contribution in [2.45, 2.75) is 77.6 Å². The Morgan fingerprint density at radius 1 is 1.00 bits per heavy atom. The van der Waals surface area contributed by atoms with E-state index in [2.05, 4.69) is 31.0 Å². The largest absolute Gasteiger partial charge is 0.365 e. The predicted molar refractivity (Wildman–Crippen MR) is 76.4 cm³/mol. The smallest absolute Gasteiger partial charge is 0.0178 e. The molecular weight excluding hydrogens is 206 g/mol. The Balaban J connectivity index is 2.04. The molecule has 0 aromatic carbocycles. The highest BCUT2D eigenvalue weighted by Gasteiger charge is 2.08. The first-order valence-electron chi connectivity index (χ1n) is 7.51. The number of unbranched alkanes of at least 4 members (excludes halogenated alkanes) is 6. The fourth-order valence-electron chi connectivity index (χ4n) is 2.53. The number of hydrogen-bond acceptors (Lipinski definition) is 0. The molecule has 0 amide bonds. The standard InChI is InChI=1S/C16H29N/c1-3-5-6-7-8-9-10-12-15(4-2)16-13-11-14-17-16/h11,13-15,17H,3-10,12H2,1-2H3. The summed E-state index contributed by atoms with van der Waals surface area (Å²) in [7, 11) is 0. The van der Waals surface area contributed by atoms with Crippen molar-refractivity contribution < 1.29 is 0 Å². The fraction of sp³-hybridized carbons (Fsp3) is 0.750. The molecule has 0 saturated heterocycles. The molecule has 1 aromatic rings. The summed E-state index contributed by atoms with van der Waals surface area (Å²) in [5.41, 5.74) is 1.43. The zero-order chi connectivity index (χ0) is 12.3. The highest BCUT2D eigenvalue weighted by molar-refractivity contribution is 5.09. The van der Waals surface area contributed by atoms with Crippen LogP contribution in [0.15, 0.2) is 18.3 Å². The Hall–Kier alpha value is -0.720. The van der Waals surface area contributed by atoms with Gasteiger partial charge in [-0.1, -0.05) is 58.8 Å². The van der Waals surface area contributed by atoms with Crippen LogP contribution < -0.4 is 0 Å². The Bertz CT molecular complexity index is 250. The molecule has 0 radical (unpaired) electrons. The molecule has 1 heterocycles. The molecule has 1 heteroatoms. The van der Waals surface area contributed by atoms with Crippen LogP contribution >= 0.6 is 0 Å². The molecule has 1 aromatic heterocycles. The summed E-state index contributed by atoms with van der Waals surface area (Å²) in [5, 5.41) is 0. The van der Waals surface area contributed by atoms with Gasteiger partial charge in [0, 0.05) is 11.9 Å². The zero-order valence-electron chi connectivity index (χ0n) is 11.7. The Kier molecular flexibility index (Phi) is 7.87. The number of hydrogen-bond donors (Lipinski definition) is 1. The quantitative estimate of drug-likeness (QED) is 0.504. The van der Waals surface area contributed by atoms with Gasteiger partial charge in [-0.3, -0.25) is 0 Å². The maximum absolute atomic E-state index is 3.36. The average Bonchev–Trinajstić information content (AvgIpc) is 2.86. The second-order valence-electron chi connectivity index (χ2n) is 5.14. The minimum absolute atomic E-state index is 0.751. The van der Waals surface area contributed by atoms with E-state index >= 15 is 0 Å². The Morgan fingerprint density at radius 3 is 2.29 bits per heavy atom. The maximum Gasteiger partial charge on any atom is 0.0178 e. The molecule has 1 atom stereocenters. The van der Waals surface area contributed by atoms with E-state index in [1.165, 1.54) is 63.5 Å². The van der Waals surface area contributed by atoms with Gasteiger partial charge in [-0.05, 0) is 30.9 Å². The highest BCUT2D eigenvalue weighted by atomic mass is 14.7. The number of aromatic amines is 1. The van der Waals surface area contributed by atoms with Crippen LogP contribution in [0.25, 0.3) is 0 Å². The van der Waals surface area contributed by atoms with E-state index in [4.69, 9.17) is 0 Å². The maximum atomic E-state index is 3.36. The third-order valence-corrected chi connectivity index (χ3v) is 3.71. The molecule has 0 aliphatic carbocycles. The minimum Gasteiger partial charge on any atom is -0.365 e. The van der Waals surface area contributed by atoms with Crippen LogP contribution in [0, 0.1) is 0 Å². The third kappa shape index (κ3) is 5.95. The first kappa shape index (κ1) is 14.3. The van der Waals surface area contributed by atoms with Gasteiger partial charge in [0.15, 0.2) is 0 Å². The van der Waals surface area contributed by atoms with Crippen LogP contribution in [-0.2, 0) is 0 Å². The van der Waals surface area contributed by atoms with Gasteiger partial charge in [-0.2, -0.15) is 0 Å². The predicted octanol–water partition coefficient (Wildman–Crippen LogP) is 5.65. The van der Waals surface area contributed by atoms with Crippen molar-refractivity contribution in [3.63, 3.8) is 0 Å². The highest BCUT2D eigenvalue weighted by Crippen LogP contribution is 2.24. The van der Waals surface area contributed by atoms with Gasteiger partial charge in [0.2, 0.25) is 0 Å². The van der Waals surface area contributed by atoms with Crippen molar-refractivity contribution in [3.05, 3.63) is 24.0 Å². The molecular formula is C16H29N. The van der Waals surface area contributed by atoms with Gasteiger partial charge in [0.1, 0.15) is 0 Å². The number of rotatable bonds is 10. The van der Waals surface area contributed by atoms with Crippen molar-refractivity contribution in [1.29, 1.82) is 0 Å². The van der Waals surface area contributed by atoms with Gasteiger partial charge in [-0.15, -0.1) is 0 Å². The molecule has 0 fully saturated rings. The molecule has 1 nitrogen and oxygen atoms in total. The first-order valence-corrected chi connectivity index (χ1v) is 7.51. The lowest BCUT2D eigenvalue weighted by Crippen LogP contribution is -1.97. The lowest BCUT2D eigenvalue weighted by Gasteiger charge is -2.13. The Morgan fingerprint density at radius 2 is 1.71 bits per heavy atom. The molecule has 17 heavy (non-hydrogen) atoms. The van der Waals surface area contributed by atoms with Crippen LogP contribution in [-0.4, -0.2) is 4.98 Å². The van der Waals surface area contributed by atoms with Gasteiger partial charge < -0.3 is 4.98 Å². The summed E-state index contributed by atoms with van der Waals surface area (Å²) in [6, 6.07) is 4.35. The Labute approximate surface area is 107 Å². The molecule has 1 unspecified atom stereocenters. The van der Waals surface area contributed by atoms with E-state index < -0.39 is 0 Å². The van der Waals surface area contributed by atoms with Crippen LogP contribution in [0.5, 0.6) is 0 Å². The first-order chi connectivity index (χ1) is 8.38. The van der Waals surface area contributed by atoms with Gasteiger partial charge in [0.05, 0.1) is 0 Å². The normalized spacial score (nSPS) is 12.8. The van der Waals surface area contributed by atoms with Crippen LogP contribution in [0.2, 0.25) is 0 Å². The van der Waals surface area contributed by atoms with E-state index in [-0.39, 0.29) is 0 Å². The van der Waals surface area contributed by atoms with Gasteiger partial charge >= 0.3 is 0 Å². The number of H-pyrrole nitrogens is 1. The van der Waals surface area contributed by atoms with Crippen molar-refractivity contribution >= 4 is 0 Å². The van der Waals surface area contributed by atoms with Crippen LogP contribution in [0.4, 0.5) is 0 Å². The summed E-state index contributed by atoms with van der Waals surface area (Å²) in [5.74, 6) is 0.751. The number of aromatic nitrogens is 1. The van der Waals surface area contributed by atoms with Crippen molar-refractivity contribution in [1.82, 2.24) is 4.98 Å². The van der Waals surface area contributed by atoms with Crippen LogP contribution in [0.1, 0.15) is 83.2 Å². The fourth-order valence-corrected chi connectivity index (χ4v) is 2.53. The summed E-state index contributed by atoms with van der Waals surface area (Å²) < 4.78 is 0.